The predicted octanol–water partition coefficient (Wildman–Crippen LogP) is 2.96. The molecule has 3 aromatic rings. The van der Waals surface area contributed by atoms with Crippen LogP contribution in [0.25, 0.3) is 11.0 Å². The van der Waals surface area contributed by atoms with Crippen molar-refractivity contribution in [2.75, 3.05) is 13.7 Å². The van der Waals surface area contributed by atoms with Crippen LogP contribution >= 0.6 is 0 Å². The molecule has 0 spiro atoms. The Morgan fingerprint density at radius 1 is 1.21 bits per heavy atom. The monoisotopic (exact) mass is 382 g/mol. The van der Waals surface area contributed by atoms with Gasteiger partial charge in [0.1, 0.15) is 11.3 Å². The summed E-state index contributed by atoms with van der Waals surface area (Å²) in [6.07, 6.45) is -1.07. The third-order valence-electron chi connectivity index (χ3n) is 4.74. The molecule has 0 saturated heterocycles. The van der Waals surface area contributed by atoms with Crippen LogP contribution in [0.2, 0.25) is 0 Å². The molecule has 4 rings (SSSR count). The molecule has 0 bridgehead atoms. The minimum atomic E-state index is -1.07. The third-order valence-corrected chi connectivity index (χ3v) is 4.74. The summed E-state index contributed by atoms with van der Waals surface area (Å²) in [5.74, 6) is -0.915. The lowest BCUT2D eigenvalue weighted by atomic mass is 9.88. The minimum Gasteiger partial charge on any atom is -0.504 e. The number of methoxy groups -OCH3 is 1. The fourth-order valence-electron chi connectivity index (χ4n) is 3.53. The molecule has 28 heavy (non-hydrogen) atoms. The van der Waals surface area contributed by atoms with Crippen LogP contribution in [0.5, 0.6) is 17.2 Å². The largest absolute Gasteiger partial charge is 0.504 e. The number of aromatic hydroxyl groups is 1. The number of rotatable bonds is 4. The summed E-state index contributed by atoms with van der Waals surface area (Å²) in [6.45, 7) is 1.86. The van der Waals surface area contributed by atoms with E-state index in [1.54, 1.807) is 43.3 Å². The van der Waals surface area contributed by atoms with Crippen molar-refractivity contribution in [2.24, 2.45) is 0 Å². The molecule has 0 radical (unpaired) electrons. The number of fused-ring (bicyclic) bond motifs is 3. The van der Waals surface area contributed by atoms with Gasteiger partial charge in [0.2, 0.25) is 6.10 Å². The molecule has 0 amide bonds. The molecule has 0 saturated carbocycles. The van der Waals surface area contributed by atoms with Gasteiger partial charge in [0.25, 0.3) is 0 Å². The van der Waals surface area contributed by atoms with Gasteiger partial charge in [-0.3, -0.25) is 0 Å². The van der Waals surface area contributed by atoms with E-state index in [4.69, 9.17) is 18.6 Å². The van der Waals surface area contributed by atoms with Crippen molar-refractivity contribution in [3.63, 3.8) is 0 Å². The number of hydrogen-bond acceptors (Lipinski definition) is 7. The van der Waals surface area contributed by atoms with Crippen LogP contribution in [0.4, 0.5) is 0 Å². The fourth-order valence-corrected chi connectivity index (χ4v) is 3.53. The zero-order valence-corrected chi connectivity index (χ0v) is 15.3. The van der Waals surface area contributed by atoms with E-state index < -0.39 is 23.6 Å². The van der Waals surface area contributed by atoms with Gasteiger partial charge < -0.3 is 23.7 Å². The van der Waals surface area contributed by atoms with E-state index in [9.17, 15) is 14.7 Å². The second-order valence-corrected chi connectivity index (χ2v) is 6.33. The van der Waals surface area contributed by atoms with Crippen molar-refractivity contribution >= 4 is 16.9 Å². The van der Waals surface area contributed by atoms with Crippen LogP contribution in [0.1, 0.15) is 24.0 Å². The first-order valence-corrected chi connectivity index (χ1v) is 8.81. The molecule has 7 nitrogen and oxygen atoms in total. The van der Waals surface area contributed by atoms with Gasteiger partial charge in [-0.25, -0.2) is 9.59 Å². The SMILES string of the molecule is CCOC(=O)C1Oc2c(c(=O)oc3ccccc23)C1c1ccc(OC)c(O)c1. The smallest absolute Gasteiger partial charge is 0.348 e. The van der Waals surface area contributed by atoms with E-state index in [1.165, 1.54) is 13.2 Å². The quantitative estimate of drug-likeness (QED) is 0.547. The summed E-state index contributed by atoms with van der Waals surface area (Å²) in [7, 11) is 1.44. The van der Waals surface area contributed by atoms with Crippen LogP contribution in [0, 0.1) is 0 Å². The molecule has 2 heterocycles. The van der Waals surface area contributed by atoms with Gasteiger partial charge in [-0.2, -0.15) is 0 Å². The molecule has 144 valence electrons. The number of phenolic OH excluding ortho intramolecular Hbond substituents is 1. The van der Waals surface area contributed by atoms with Gasteiger partial charge in [0.05, 0.1) is 30.6 Å². The highest BCUT2D eigenvalue weighted by molar-refractivity contribution is 5.88. The van der Waals surface area contributed by atoms with Gasteiger partial charge in [0.15, 0.2) is 11.5 Å². The molecule has 0 fully saturated rings. The van der Waals surface area contributed by atoms with Crippen molar-refractivity contribution < 1.29 is 28.5 Å². The number of esters is 1. The fraction of sp³-hybridized carbons (Fsp3) is 0.238. The van der Waals surface area contributed by atoms with E-state index in [2.05, 4.69) is 0 Å². The Kier molecular flexibility index (Phi) is 4.43. The Labute approximate surface area is 160 Å². The van der Waals surface area contributed by atoms with Gasteiger partial charge in [-0.05, 0) is 36.8 Å². The van der Waals surface area contributed by atoms with Crippen molar-refractivity contribution in [2.45, 2.75) is 18.9 Å². The Hall–Kier alpha value is -3.48. The summed E-state index contributed by atoms with van der Waals surface area (Å²) in [6, 6.07) is 11.6. The molecule has 1 aliphatic rings. The van der Waals surface area contributed by atoms with Gasteiger partial charge in [-0.1, -0.05) is 18.2 Å². The molecule has 1 aromatic heterocycles. The highest BCUT2D eigenvalue weighted by atomic mass is 16.6. The third kappa shape index (κ3) is 2.76. The first-order chi connectivity index (χ1) is 13.5. The lowest BCUT2D eigenvalue weighted by Gasteiger charge is -2.18. The van der Waals surface area contributed by atoms with Crippen molar-refractivity contribution in [3.8, 4) is 17.2 Å². The predicted molar refractivity (Wildman–Crippen MR) is 100 cm³/mol. The maximum absolute atomic E-state index is 12.8. The molecule has 2 atom stereocenters. The topological polar surface area (TPSA) is 95.2 Å². The zero-order valence-electron chi connectivity index (χ0n) is 15.3. The van der Waals surface area contributed by atoms with Crippen molar-refractivity contribution in [3.05, 3.63) is 64.0 Å². The lowest BCUT2D eigenvalue weighted by Crippen LogP contribution is -2.32. The Morgan fingerprint density at radius 3 is 2.71 bits per heavy atom. The Bertz CT molecular complexity index is 1120. The molecular formula is C21H18O7. The normalized spacial score (nSPS) is 17.8. The van der Waals surface area contributed by atoms with E-state index in [1.807, 2.05) is 0 Å². The van der Waals surface area contributed by atoms with Crippen LogP contribution in [-0.2, 0) is 9.53 Å². The molecule has 2 unspecified atom stereocenters. The number of ether oxygens (including phenoxy) is 3. The van der Waals surface area contributed by atoms with Crippen LogP contribution < -0.4 is 15.1 Å². The van der Waals surface area contributed by atoms with E-state index in [-0.39, 0.29) is 23.7 Å². The molecular weight excluding hydrogens is 364 g/mol. The van der Waals surface area contributed by atoms with E-state index in [0.717, 1.165) is 0 Å². The molecule has 1 N–H and O–H groups in total. The van der Waals surface area contributed by atoms with Crippen molar-refractivity contribution in [1.82, 2.24) is 0 Å². The average molecular weight is 382 g/mol. The van der Waals surface area contributed by atoms with Gasteiger partial charge in [-0.15, -0.1) is 0 Å². The second-order valence-electron chi connectivity index (χ2n) is 6.33. The summed E-state index contributed by atoms with van der Waals surface area (Å²) >= 11 is 0. The average Bonchev–Trinajstić information content (AvgIpc) is 3.10. The summed E-state index contributed by atoms with van der Waals surface area (Å²) in [4.78, 5) is 25.3. The summed E-state index contributed by atoms with van der Waals surface area (Å²) in [5.41, 5.74) is 0.506. The number of hydrogen-bond donors (Lipinski definition) is 1. The molecule has 7 heteroatoms. The Morgan fingerprint density at radius 2 is 2.00 bits per heavy atom. The summed E-state index contributed by atoms with van der Waals surface area (Å²) < 4.78 is 21.6. The Balaban J connectivity index is 1.94. The van der Waals surface area contributed by atoms with Crippen molar-refractivity contribution in [1.29, 1.82) is 0 Å². The highest BCUT2D eigenvalue weighted by Crippen LogP contribution is 2.45. The first kappa shape index (κ1) is 17.9. The van der Waals surface area contributed by atoms with Gasteiger partial charge >= 0.3 is 11.6 Å². The van der Waals surface area contributed by atoms with E-state index >= 15 is 0 Å². The standard InChI is InChI=1S/C21H18O7/c1-3-26-21(24)19-16(11-8-9-15(25-2)13(22)10-11)17-18(28-19)12-6-4-5-7-14(12)27-20(17)23/h4-10,16,19,22H,3H2,1-2H3. The van der Waals surface area contributed by atoms with E-state index in [0.29, 0.717) is 22.3 Å². The number of para-hydroxylation sites is 1. The lowest BCUT2D eigenvalue weighted by molar-refractivity contribution is -0.151. The molecule has 0 aliphatic carbocycles. The van der Waals surface area contributed by atoms with Crippen LogP contribution in [0.15, 0.2) is 51.7 Å². The number of carbonyl (C=O) groups excluding carboxylic acids is 1. The molecule has 2 aromatic carbocycles. The minimum absolute atomic E-state index is 0.110. The summed E-state index contributed by atoms with van der Waals surface area (Å²) in [5, 5.41) is 10.8. The maximum Gasteiger partial charge on any atom is 0.348 e. The number of carbonyl (C=O) groups is 1. The number of phenols is 1. The zero-order chi connectivity index (χ0) is 19.8. The van der Waals surface area contributed by atoms with Crippen LogP contribution in [-0.4, -0.2) is 30.9 Å². The van der Waals surface area contributed by atoms with Crippen LogP contribution in [0.3, 0.4) is 0 Å². The van der Waals surface area contributed by atoms with Gasteiger partial charge in [0, 0.05) is 0 Å². The maximum atomic E-state index is 12.8. The second kappa shape index (κ2) is 6.92. The highest BCUT2D eigenvalue weighted by Gasteiger charge is 2.45. The first-order valence-electron chi connectivity index (χ1n) is 8.81. The number of benzene rings is 2. The molecule has 1 aliphatic heterocycles.